The third-order valence-electron chi connectivity index (χ3n) is 3.94. The van der Waals surface area contributed by atoms with Crippen LogP contribution in [0.25, 0.3) is 0 Å². The average Bonchev–Trinajstić information content (AvgIpc) is 2.65. The van der Waals surface area contributed by atoms with Crippen molar-refractivity contribution < 1.29 is 17.0 Å². The highest BCUT2D eigenvalue weighted by molar-refractivity contribution is 7.98. The van der Waals surface area contributed by atoms with Gasteiger partial charge in [-0.25, -0.2) is 0 Å². The zero-order valence-electron chi connectivity index (χ0n) is 13.4. The highest BCUT2D eigenvalue weighted by Gasteiger charge is 2.42. The number of hydrogen-bond donors (Lipinski definition) is 0. The number of benzene rings is 3. The summed E-state index contributed by atoms with van der Waals surface area (Å²) in [6.45, 7) is 3.88. The van der Waals surface area contributed by atoms with Crippen molar-refractivity contribution in [3.05, 3.63) is 116 Å². The summed E-state index contributed by atoms with van der Waals surface area (Å²) in [6.07, 6.45) is 3.95. The summed E-state index contributed by atoms with van der Waals surface area (Å²) in [6, 6.07) is 32.4. The summed E-state index contributed by atoms with van der Waals surface area (Å²) in [4.78, 5) is 0. The third kappa shape index (κ3) is 3.59. The number of allylic oxidation sites excluding steroid dienone is 2. The van der Waals surface area contributed by atoms with E-state index in [9.17, 15) is 0 Å². The second-order valence-corrected chi connectivity index (χ2v) is 8.60. The first-order chi connectivity index (χ1) is 11.4. The molecule has 2 heteroatoms. The average molecular weight is 395 g/mol. The molecule has 120 valence electrons. The first-order valence-electron chi connectivity index (χ1n) is 7.74. The molecule has 0 unspecified atom stereocenters. The Labute approximate surface area is 155 Å². The Kier molecular flexibility index (Phi) is 6.73. The van der Waals surface area contributed by atoms with Gasteiger partial charge in [0, 0.05) is 0 Å². The van der Waals surface area contributed by atoms with Gasteiger partial charge in [0.2, 0.25) is 0 Å². The number of rotatable bonds is 5. The van der Waals surface area contributed by atoms with E-state index in [0.29, 0.717) is 0 Å². The van der Waals surface area contributed by atoms with Crippen LogP contribution in [0.3, 0.4) is 0 Å². The van der Waals surface area contributed by atoms with Gasteiger partial charge in [-0.05, 0) is 42.5 Å². The molecule has 0 aliphatic heterocycles. The summed E-state index contributed by atoms with van der Waals surface area (Å²) >= 11 is 0. The lowest BCUT2D eigenvalue weighted by Gasteiger charge is -2.23. The van der Waals surface area contributed by atoms with E-state index >= 15 is 0 Å². The van der Waals surface area contributed by atoms with Gasteiger partial charge in [0.05, 0.1) is 5.82 Å². The Bertz CT molecular complexity index is 683. The van der Waals surface area contributed by atoms with Gasteiger partial charge in [-0.1, -0.05) is 67.3 Å². The minimum atomic E-state index is -1.82. The molecule has 0 bridgehead atoms. The summed E-state index contributed by atoms with van der Waals surface area (Å²) in [5.41, 5.74) is 0. The van der Waals surface area contributed by atoms with Gasteiger partial charge >= 0.3 is 0 Å². The second-order valence-electron chi connectivity index (χ2n) is 5.31. The van der Waals surface area contributed by atoms with Crippen LogP contribution in [-0.2, 0) is 0 Å². The molecule has 3 aromatic rings. The zero-order valence-corrected chi connectivity index (χ0v) is 15.9. The normalized spacial score (nSPS) is 11.0. The predicted molar refractivity (Wildman–Crippen MR) is 104 cm³/mol. The van der Waals surface area contributed by atoms with Crippen LogP contribution in [0, 0.1) is 0 Å². The third-order valence-corrected chi connectivity index (χ3v) is 7.89. The Morgan fingerprint density at radius 3 is 1.21 bits per heavy atom. The Morgan fingerprint density at radius 2 is 0.917 bits per heavy atom. The fourth-order valence-corrected chi connectivity index (χ4v) is 6.60. The van der Waals surface area contributed by atoms with Crippen molar-refractivity contribution in [3.63, 3.8) is 0 Å². The molecular formula is C22H20BrP. The van der Waals surface area contributed by atoms with E-state index in [1.807, 2.05) is 6.08 Å². The first-order valence-corrected chi connectivity index (χ1v) is 9.59. The van der Waals surface area contributed by atoms with E-state index in [4.69, 9.17) is 0 Å². The van der Waals surface area contributed by atoms with Crippen LogP contribution < -0.4 is 32.9 Å². The standard InChI is InChI=1S/C22H20P.BrH/c1-2-3-19-23(20-13-7-4-8-14-20,21-15-9-5-10-16-21)22-17-11-6-12-18-22;/h2-19H,1H2;1H/q+1;/p-1. The van der Waals surface area contributed by atoms with Crippen LogP contribution in [0.2, 0.25) is 0 Å². The van der Waals surface area contributed by atoms with E-state index in [-0.39, 0.29) is 17.0 Å². The van der Waals surface area contributed by atoms with Crippen molar-refractivity contribution >= 4 is 23.2 Å². The van der Waals surface area contributed by atoms with Crippen molar-refractivity contribution in [1.29, 1.82) is 0 Å². The minimum absolute atomic E-state index is 0. The van der Waals surface area contributed by atoms with Crippen LogP contribution in [0.1, 0.15) is 0 Å². The van der Waals surface area contributed by atoms with Crippen LogP contribution in [-0.4, -0.2) is 0 Å². The van der Waals surface area contributed by atoms with Gasteiger partial charge < -0.3 is 17.0 Å². The molecule has 0 radical (unpaired) electrons. The predicted octanol–water partition coefficient (Wildman–Crippen LogP) is 1.68. The highest BCUT2D eigenvalue weighted by Crippen LogP contribution is 2.56. The molecule has 0 N–H and O–H groups in total. The Balaban J connectivity index is 0.00000208. The van der Waals surface area contributed by atoms with Crippen LogP contribution in [0.5, 0.6) is 0 Å². The number of hydrogen-bond acceptors (Lipinski definition) is 0. The largest absolute Gasteiger partial charge is 1.00 e. The lowest BCUT2D eigenvalue weighted by Crippen LogP contribution is -3.00. The van der Waals surface area contributed by atoms with E-state index in [1.54, 1.807) is 0 Å². The summed E-state index contributed by atoms with van der Waals surface area (Å²) in [7, 11) is -1.82. The van der Waals surface area contributed by atoms with Gasteiger partial charge in [0.1, 0.15) is 23.2 Å². The van der Waals surface area contributed by atoms with Crippen LogP contribution in [0.15, 0.2) is 116 Å². The SMILES string of the molecule is C=CC=C[P+](c1ccccc1)(c1ccccc1)c1ccccc1.[Br-]. The molecule has 0 aromatic heterocycles. The second kappa shape index (κ2) is 8.78. The maximum Gasteiger partial charge on any atom is 0.136 e. The molecule has 24 heavy (non-hydrogen) atoms. The molecule has 0 saturated carbocycles. The molecule has 0 aliphatic carbocycles. The first kappa shape index (κ1) is 18.4. The van der Waals surface area contributed by atoms with Gasteiger partial charge in [-0.2, -0.15) is 0 Å². The van der Waals surface area contributed by atoms with Crippen molar-refractivity contribution in [3.8, 4) is 0 Å². The molecule has 0 heterocycles. The topological polar surface area (TPSA) is 0 Å². The maximum absolute atomic E-state index is 3.88. The minimum Gasteiger partial charge on any atom is -1.00 e. The smallest absolute Gasteiger partial charge is 0.136 e. The Morgan fingerprint density at radius 1 is 0.583 bits per heavy atom. The molecule has 3 rings (SSSR count). The molecule has 0 fully saturated rings. The summed E-state index contributed by atoms with van der Waals surface area (Å²) in [5, 5.41) is 4.07. The van der Waals surface area contributed by atoms with E-state index in [0.717, 1.165) is 0 Å². The molecule has 0 saturated heterocycles. The van der Waals surface area contributed by atoms with E-state index < -0.39 is 7.26 Å². The molecule has 0 spiro atoms. The molecule has 0 amide bonds. The van der Waals surface area contributed by atoms with Crippen molar-refractivity contribution in [2.75, 3.05) is 0 Å². The van der Waals surface area contributed by atoms with Crippen LogP contribution >= 0.6 is 7.26 Å². The van der Waals surface area contributed by atoms with Crippen molar-refractivity contribution in [1.82, 2.24) is 0 Å². The lowest BCUT2D eigenvalue weighted by atomic mass is 10.4. The Hall–Kier alpha value is -1.95. The number of halogens is 1. The van der Waals surface area contributed by atoms with Gasteiger partial charge in [0.15, 0.2) is 0 Å². The molecular weight excluding hydrogens is 375 g/mol. The molecule has 0 aliphatic rings. The van der Waals surface area contributed by atoms with Crippen LogP contribution in [0.4, 0.5) is 0 Å². The van der Waals surface area contributed by atoms with Gasteiger partial charge in [0.25, 0.3) is 0 Å². The lowest BCUT2D eigenvalue weighted by molar-refractivity contribution is -0.00000440. The quantitative estimate of drug-likeness (QED) is 0.456. The van der Waals surface area contributed by atoms with Crippen molar-refractivity contribution in [2.45, 2.75) is 0 Å². The fraction of sp³-hybridized carbons (Fsp3) is 0. The van der Waals surface area contributed by atoms with Crippen molar-refractivity contribution in [2.24, 2.45) is 0 Å². The monoisotopic (exact) mass is 394 g/mol. The van der Waals surface area contributed by atoms with E-state index in [1.165, 1.54) is 15.9 Å². The zero-order chi connectivity index (χ0) is 16.0. The van der Waals surface area contributed by atoms with Gasteiger partial charge in [-0.3, -0.25) is 0 Å². The molecule has 0 nitrogen and oxygen atoms in total. The summed E-state index contributed by atoms with van der Waals surface area (Å²) in [5.74, 6) is 2.35. The fourth-order valence-electron chi connectivity index (χ4n) is 2.88. The van der Waals surface area contributed by atoms with E-state index in [2.05, 4.69) is 109 Å². The highest BCUT2D eigenvalue weighted by atomic mass is 79.9. The van der Waals surface area contributed by atoms with Gasteiger partial charge in [-0.15, -0.1) is 0 Å². The maximum atomic E-state index is 3.88. The molecule has 0 atom stereocenters. The summed E-state index contributed by atoms with van der Waals surface area (Å²) < 4.78 is 0. The molecule has 3 aromatic carbocycles.